The summed E-state index contributed by atoms with van der Waals surface area (Å²) < 4.78 is 6.38. The van der Waals surface area contributed by atoms with Crippen LogP contribution < -0.4 is 10.9 Å². The number of hydrogen-bond donors (Lipinski definition) is 1. The fourth-order valence-corrected chi connectivity index (χ4v) is 5.13. The van der Waals surface area contributed by atoms with Gasteiger partial charge in [0.2, 0.25) is 0 Å². The van der Waals surface area contributed by atoms with Crippen LogP contribution in [-0.4, -0.2) is 20.8 Å². The standard InChI is InChI=1S/C22H21N2O4P/c1-10-6-17-20-14(8-24(17)21(25)15(10)9-28-22(26)27)13-5-3-4-12-11(2)18(29)7-16(23-20)19(12)13/h6-7H,3-5,8-9,29H2,1-2H3,(H,26,27). The molecule has 148 valence electrons. The first-order valence-electron chi connectivity index (χ1n) is 9.69. The van der Waals surface area contributed by atoms with Crippen molar-refractivity contribution in [3.8, 4) is 11.4 Å². The molecule has 29 heavy (non-hydrogen) atoms. The molecule has 1 unspecified atom stereocenters. The lowest BCUT2D eigenvalue weighted by Gasteiger charge is -2.22. The first-order chi connectivity index (χ1) is 13.9. The number of ether oxygens (including phenoxy) is 1. The molecule has 1 aliphatic carbocycles. The zero-order valence-corrected chi connectivity index (χ0v) is 17.5. The maximum Gasteiger partial charge on any atom is 0.506 e. The zero-order chi connectivity index (χ0) is 20.4. The van der Waals surface area contributed by atoms with E-state index in [1.807, 2.05) is 13.0 Å². The Labute approximate surface area is 169 Å². The molecule has 0 spiro atoms. The van der Waals surface area contributed by atoms with Crippen LogP contribution in [0.4, 0.5) is 4.79 Å². The van der Waals surface area contributed by atoms with Crippen molar-refractivity contribution in [1.82, 2.24) is 9.55 Å². The number of carboxylic acid groups (broad SMARTS) is 1. The van der Waals surface area contributed by atoms with Gasteiger partial charge in [-0.1, -0.05) is 0 Å². The number of rotatable bonds is 2. The Bertz CT molecular complexity index is 1290. The molecule has 0 saturated carbocycles. The highest BCUT2D eigenvalue weighted by Gasteiger charge is 2.30. The van der Waals surface area contributed by atoms with E-state index in [0.717, 1.165) is 47.3 Å². The van der Waals surface area contributed by atoms with E-state index in [-0.39, 0.29) is 12.2 Å². The van der Waals surface area contributed by atoms with Crippen molar-refractivity contribution in [2.24, 2.45) is 0 Å². The Morgan fingerprint density at radius 3 is 2.76 bits per heavy atom. The summed E-state index contributed by atoms with van der Waals surface area (Å²) in [5, 5.41) is 11.2. The van der Waals surface area contributed by atoms with E-state index in [9.17, 15) is 9.59 Å². The van der Waals surface area contributed by atoms with Crippen LogP contribution in [0.3, 0.4) is 0 Å². The van der Waals surface area contributed by atoms with Gasteiger partial charge in [-0.05, 0) is 72.8 Å². The van der Waals surface area contributed by atoms with Crippen LogP contribution in [0, 0.1) is 13.8 Å². The number of hydrogen-bond acceptors (Lipinski definition) is 4. The molecule has 5 rings (SSSR count). The van der Waals surface area contributed by atoms with Crippen molar-refractivity contribution in [2.45, 2.75) is 46.3 Å². The van der Waals surface area contributed by atoms with Crippen LogP contribution >= 0.6 is 9.24 Å². The fourth-order valence-electron chi connectivity index (χ4n) is 4.80. The number of carbonyl (C=O) groups is 1. The highest BCUT2D eigenvalue weighted by Crippen LogP contribution is 2.40. The summed E-state index contributed by atoms with van der Waals surface area (Å²) in [6, 6.07) is 4.05. The second-order valence-electron chi connectivity index (χ2n) is 7.87. The maximum atomic E-state index is 13.1. The largest absolute Gasteiger partial charge is 0.506 e. The Balaban J connectivity index is 1.75. The summed E-state index contributed by atoms with van der Waals surface area (Å²) in [5.74, 6) is 0. The molecule has 1 atom stereocenters. The van der Waals surface area contributed by atoms with Gasteiger partial charge in [-0.3, -0.25) is 4.79 Å². The molecule has 0 bridgehead atoms. The van der Waals surface area contributed by atoms with Crippen LogP contribution in [0.15, 0.2) is 16.9 Å². The average Bonchev–Trinajstić information content (AvgIpc) is 3.04. The molecule has 0 radical (unpaired) electrons. The predicted molar refractivity (Wildman–Crippen MR) is 114 cm³/mol. The van der Waals surface area contributed by atoms with Crippen molar-refractivity contribution < 1.29 is 14.6 Å². The smallest absolute Gasteiger partial charge is 0.450 e. The van der Waals surface area contributed by atoms with Crippen LogP contribution in [0.2, 0.25) is 0 Å². The molecule has 1 aromatic carbocycles. The molecule has 0 amide bonds. The van der Waals surface area contributed by atoms with Crippen molar-refractivity contribution in [3.05, 3.63) is 55.9 Å². The quantitative estimate of drug-likeness (QED) is 0.407. The lowest BCUT2D eigenvalue weighted by Crippen LogP contribution is -2.25. The minimum Gasteiger partial charge on any atom is -0.450 e. The number of nitrogens with zero attached hydrogens (tertiary/aromatic N) is 2. The summed E-state index contributed by atoms with van der Waals surface area (Å²) in [6.07, 6.45) is 1.75. The van der Waals surface area contributed by atoms with Crippen molar-refractivity contribution in [1.29, 1.82) is 0 Å². The minimum atomic E-state index is -1.38. The number of pyridine rings is 2. The first-order valence-corrected chi connectivity index (χ1v) is 10.3. The molecule has 2 aromatic heterocycles. The molecule has 7 heteroatoms. The van der Waals surface area contributed by atoms with E-state index in [2.05, 4.69) is 27.0 Å². The molecule has 2 aliphatic rings. The van der Waals surface area contributed by atoms with Crippen molar-refractivity contribution in [3.63, 3.8) is 0 Å². The highest BCUT2D eigenvalue weighted by molar-refractivity contribution is 7.27. The third kappa shape index (κ3) is 2.62. The summed E-state index contributed by atoms with van der Waals surface area (Å²) >= 11 is 0. The van der Waals surface area contributed by atoms with Crippen LogP contribution in [0.25, 0.3) is 22.3 Å². The molecule has 1 aliphatic heterocycles. The van der Waals surface area contributed by atoms with Crippen molar-refractivity contribution >= 4 is 31.6 Å². The molecule has 1 N–H and O–H groups in total. The van der Waals surface area contributed by atoms with Crippen molar-refractivity contribution in [2.75, 3.05) is 0 Å². The fraction of sp³-hybridized carbons (Fsp3) is 0.318. The Morgan fingerprint density at radius 2 is 2.00 bits per heavy atom. The molecule has 3 aromatic rings. The van der Waals surface area contributed by atoms with Gasteiger partial charge in [-0.25, -0.2) is 9.78 Å². The van der Waals surface area contributed by atoms with E-state index < -0.39 is 6.16 Å². The number of fused-ring (bicyclic) bond motifs is 4. The van der Waals surface area contributed by atoms with E-state index >= 15 is 0 Å². The minimum absolute atomic E-state index is 0.200. The molecule has 6 nitrogen and oxygen atoms in total. The van der Waals surface area contributed by atoms with E-state index in [1.54, 1.807) is 4.57 Å². The average molecular weight is 408 g/mol. The normalized spacial score (nSPS) is 14.0. The Morgan fingerprint density at radius 1 is 1.24 bits per heavy atom. The highest BCUT2D eigenvalue weighted by atomic mass is 31.0. The maximum absolute atomic E-state index is 13.1. The zero-order valence-electron chi connectivity index (χ0n) is 16.3. The van der Waals surface area contributed by atoms with Gasteiger partial charge in [-0.2, -0.15) is 0 Å². The third-order valence-corrected chi connectivity index (χ3v) is 6.90. The lowest BCUT2D eigenvalue weighted by atomic mass is 9.85. The van der Waals surface area contributed by atoms with Crippen LogP contribution in [0.1, 0.15) is 39.8 Å². The van der Waals surface area contributed by atoms with E-state index in [4.69, 9.17) is 10.1 Å². The van der Waals surface area contributed by atoms with Gasteiger partial charge in [0.15, 0.2) is 0 Å². The summed E-state index contributed by atoms with van der Waals surface area (Å²) in [6.45, 7) is 4.22. The number of benzene rings is 1. The predicted octanol–water partition coefficient (Wildman–Crippen LogP) is 3.23. The molecular formula is C22H21N2O4P. The Kier molecular flexibility index (Phi) is 4.04. The van der Waals surface area contributed by atoms with Gasteiger partial charge < -0.3 is 14.4 Å². The number of aryl methyl sites for hydroxylation is 3. The van der Waals surface area contributed by atoms with Gasteiger partial charge in [-0.15, -0.1) is 9.24 Å². The van der Waals surface area contributed by atoms with Gasteiger partial charge in [0.1, 0.15) is 6.61 Å². The lowest BCUT2D eigenvalue weighted by molar-refractivity contribution is 0.0848. The monoisotopic (exact) mass is 408 g/mol. The second-order valence-corrected chi connectivity index (χ2v) is 8.49. The molecule has 0 fully saturated rings. The summed E-state index contributed by atoms with van der Waals surface area (Å²) in [7, 11) is 2.82. The van der Waals surface area contributed by atoms with Gasteiger partial charge in [0, 0.05) is 10.9 Å². The Hall–Kier alpha value is -2.72. The topological polar surface area (TPSA) is 81.4 Å². The first kappa shape index (κ1) is 18.3. The van der Waals surface area contributed by atoms with Crippen LogP contribution in [-0.2, 0) is 30.7 Å². The van der Waals surface area contributed by atoms with Gasteiger partial charge >= 0.3 is 6.16 Å². The number of aromatic nitrogens is 2. The van der Waals surface area contributed by atoms with Gasteiger partial charge in [0.05, 0.1) is 29.0 Å². The molecule has 0 saturated heterocycles. The summed E-state index contributed by atoms with van der Waals surface area (Å²) in [4.78, 5) is 28.9. The molecule has 3 heterocycles. The molecular weight excluding hydrogens is 387 g/mol. The third-order valence-electron chi connectivity index (χ3n) is 6.30. The summed E-state index contributed by atoms with van der Waals surface area (Å²) in [5.41, 5.74) is 8.69. The second kappa shape index (κ2) is 6.39. The van der Waals surface area contributed by atoms with Crippen LogP contribution in [0.5, 0.6) is 0 Å². The van der Waals surface area contributed by atoms with E-state index in [0.29, 0.717) is 12.1 Å². The SMILES string of the molecule is Cc1cc2n(c(=O)c1COC(=O)O)Cc1c-2nc2cc(P)c(C)c3c2c1CCC3. The van der Waals surface area contributed by atoms with E-state index in [1.165, 1.54) is 27.4 Å². The van der Waals surface area contributed by atoms with Gasteiger partial charge in [0.25, 0.3) is 5.56 Å².